The number of rotatable bonds is 11. The van der Waals surface area contributed by atoms with Crippen LogP contribution in [0.5, 0.6) is 17.2 Å². The van der Waals surface area contributed by atoms with Crippen LogP contribution in [0.3, 0.4) is 0 Å². The number of benzene rings is 1. The number of thioether (sulfide) groups is 1. The summed E-state index contributed by atoms with van der Waals surface area (Å²) in [5.74, 6) is 2.59. The molecule has 49 heavy (non-hydrogen) atoms. The van der Waals surface area contributed by atoms with E-state index in [9.17, 15) is 14.4 Å². The number of carbonyl (C=O) groups is 2. The van der Waals surface area contributed by atoms with Crippen LogP contribution in [-0.4, -0.2) is 77.2 Å². The van der Waals surface area contributed by atoms with Crippen LogP contribution in [0.2, 0.25) is 0 Å². The molecule has 1 aliphatic heterocycles. The van der Waals surface area contributed by atoms with Crippen LogP contribution in [0, 0.1) is 0 Å². The number of anilines is 1. The van der Waals surface area contributed by atoms with Gasteiger partial charge < -0.3 is 29.7 Å². The lowest BCUT2D eigenvalue weighted by Gasteiger charge is -2.29. The molecule has 6 rings (SSSR count). The first-order chi connectivity index (χ1) is 23.8. The van der Waals surface area contributed by atoms with Gasteiger partial charge in [-0.05, 0) is 91.1 Å². The van der Waals surface area contributed by atoms with Crippen molar-refractivity contribution in [1.29, 1.82) is 0 Å². The highest BCUT2D eigenvalue weighted by Gasteiger charge is 2.37. The third kappa shape index (κ3) is 6.63. The number of fused-ring (bicyclic) bond motifs is 4. The van der Waals surface area contributed by atoms with E-state index < -0.39 is 12.1 Å². The largest absolute Gasteiger partial charge is 0.493 e. The highest BCUT2D eigenvalue weighted by atomic mass is 32.2. The van der Waals surface area contributed by atoms with Crippen LogP contribution in [0.4, 0.5) is 5.69 Å². The fourth-order valence-electron chi connectivity index (χ4n) is 7.09. The summed E-state index contributed by atoms with van der Waals surface area (Å²) >= 11 is 1.64. The van der Waals surface area contributed by atoms with Gasteiger partial charge in [-0.15, -0.1) is 10.2 Å². The molecule has 3 atom stereocenters. The number of ether oxygens (including phenoxy) is 3. The minimum atomic E-state index is -0.653. The lowest BCUT2D eigenvalue weighted by atomic mass is 9.95. The molecule has 0 radical (unpaired) electrons. The molecule has 2 aliphatic rings. The molecule has 1 fully saturated rings. The summed E-state index contributed by atoms with van der Waals surface area (Å²) in [5.41, 5.74) is 3.81. The number of pyridine rings is 1. The second-order valence-electron chi connectivity index (χ2n) is 12.3. The van der Waals surface area contributed by atoms with Crippen molar-refractivity contribution in [2.45, 2.75) is 57.2 Å². The van der Waals surface area contributed by atoms with Gasteiger partial charge in [-0.3, -0.25) is 18.8 Å². The third-order valence-corrected chi connectivity index (χ3v) is 9.97. The van der Waals surface area contributed by atoms with E-state index in [1.807, 2.05) is 52.1 Å². The number of nitrogens with one attached hydrogen (secondary N) is 2. The Morgan fingerprint density at radius 2 is 1.86 bits per heavy atom. The summed E-state index contributed by atoms with van der Waals surface area (Å²) in [5, 5.41) is 15.2. The fourth-order valence-corrected chi connectivity index (χ4v) is 7.57. The summed E-state index contributed by atoms with van der Waals surface area (Å²) in [6.07, 6.45) is 7.19. The van der Waals surface area contributed by atoms with Crippen molar-refractivity contribution in [3.8, 4) is 28.4 Å². The van der Waals surface area contributed by atoms with Gasteiger partial charge in [0.25, 0.3) is 0 Å². The summed E-state index contributed by atoms with van der Waals surface area (Å²) < 4.78 is 19.2. The number of hydrogen-bond acceptors (Lipinski definition) is 10. The van der Waals surface area contributed by atoms with Gasteiger partial charge >= 0.3 is 0 Å². The molecule has 0 bridgehead atoms. The number of carbonyl (C=O) groups excluding carboxylic acids is 2. The highest BCUT2D eigenvalue weighted by molar-refractivity contribution is 7.98. The van der Waals surface area contributed by atoms with E-state index in [0.29, 0.717) is 54.3 Å². The van der Waals surface area contributed by atoms with Gasteiger partial charge in [0.1, 0.15) is 6.04 Å². The number of aryl methyl sites for hydroxylation is 1. The van der Waals surface area contributed by atoms with Gasteiger partial charge in [-0.2, -0.15) is 11.8 Å². The molecule has 2 aromatic heterocycles. The highest BCUT2D eigenvalue weighted by Crippen LogP contribution is 2.50. The first-order valence-electron chi connectivity index (χ1n) is 16.4. The smallest absolute Gasteiger partial charge is 0.245 e. The molecule has 4 aromatic rings. The molecule has 0 saturated carbocycles. The minimum absolute atomic E-state index is 0.0864. The maximum Gasteiger partial charge on any atom is 0.245 e. The first kappa shape index (κ1) is 34.1. The van der Waals surface area contributed by atoms with Gasteiger partial charge in [0, 0.05) is 25.2 Å². The molecule has 2 aromatic carbocycles. The standard InChI is InChI=1S/C36H42N6O6S/c1-21(43)37-25-13-11-22-19-30(46-2)33(47-3)34(48-4)32(22)23-12-14-26(29(44)20-24(23)25)38-27(15-18-49-5)36(45)41-17-8-9-28(41)35-40-39-31-10-6-7-16-42(31)35/h6-7,10,12,14,16,19-20,25,27-28H,8-9,11,13,15,17-18H2,1-5H3,(H,37,43)(H,38,44)/t25-,27-,28+/m0/s1. The summed E-state index contributed by atoms with van der Waals surface area (Å²) in [7, 11) is 4.69. The monoisotopic (exact) mass is 686 g/mol. The molecule has 258 valence electrons. The number of hydrogen-bond donors (Lipinski definition) is 2. The topological polar surface area (TPSA) is 136 Å². The third-order valence-electron chi connectivity index (χ3n) is 9.33. The van der Waals surface area contributed by atoms with Crippen molar-refractivity contribution in [3.63, 3.8) is 0 Å². The Morgan fingerprint density at radius 1 is 1.04 bits per heavy atom. The molecule has 3 heterocycles. The summed E-state index contributed by atoms with van der Waals surface area (Å²) in [6, 6.07) is 11.5. The average Bonchev–Trinajstić information content (AvgIpc) is 3.70. The van der Waals surface area contributed by atoms with Crippen molar-refractivity contribution in [3.05, 3.63) is 75.8 Å². The molecule has 2 N–H and O–H groups in total. The molecule has 12 nitrogen and oxygen atoms in total. The van der Waals surface area contributed by atoms with E-state index in [0.717, 1.165) is 46.8 Å². The van der Waals surface area contributed by atoms with E-state index >= 15 is 0 Å². The number of nitrogens with zero attached hydrogens (tertiary/aromatic N) is 4. The van der Waals surface area contributed by atoms with Gasteiger partial charge in [-0.1, -0.05) is 12.1 Å². The van der Waals surface area contributed by atoms with Crippen molar-refractivity contribution < 1.29 is 23.8 Å². The van der Waals surface area contributed by atoms with E-state index in [4.69, 9.17) is 14.2 Å². The molecule has 0 spiro atoms. The van der Waals surface area contributed by atoms with E-state index in [-0.39, 0.29) is 23.3 Å². The molecule has 0 unspecified atom stereocenters. The van der Waals surface area contributed by atoms with Crippen LogP contribution in [0.1, 0.15) is 61.6 Å². The zero-order valence-electron chi connectivity index (χ0n) is 28.4. The Morgan fingerprint density at radius 3 is 2.59 bits per heavy atom. The van der Waals surface area contributed by atoms with Crippen molar-refractivity contribution in [1.82, 2.24) is 24.8 Å². The number of amides is 2. The SMILES string of the molecule is COc1cc2c(c(OC)c1OC)-c1ccc(N[C@@H](CCSC)C(=O)N3CCC[C@@H]3c3nnc4ccccn34)c(=O)cc1[C@@H](NC(C)=O)CC2. The molecule has 1 aliphatic carbocycles. The molecule has 13 heteroatoms. The zero-order chi connectivity index (χ0) is 34.7. The molecular formula is C36H42N6O6S. The predicted molar refractivity (Wildman–Crippen MR) is 190 cm³/mol. The van der Waals surface area contributed by atoms with Crippen LogP contribution in [0.25, 0.3) is 16.8 Å². The predicted octanol–water partition coefficient (Wildman–Crippen LogP) is 4.80. The Kier molecular flexibility index (Phi) is 10.3. The minimum Gasteiger partial charge on any atom is -0.493 e. The maximum atomic E-state index is 14.3. The maximum absolute atomic E-state index is 14.3. The zero-order valence-corrected chi connectivity index (χ0v) is 29.3. The van der Waals surface area contributed by atoms with Gasteiger partial charge in [0.05, 0.1) is 39.1 Å². The Labute approximate surface area is 289 Å². The van der Waals surface area contributed by atoms with Gasteiger partial charge in [0.15, 0.2) is 23.0 Å². The van der Waals surface area contributed by atoms with Crippen molar-refractivity contribution >= 4 is 34.9 Å². The molecule has 1 saturated heterocycles. The van der Waals surface area contributed by atoms with Crippen LogP contribution < -0.4 is 30.3 Å². The van der Waals surface area contributed by atoms with E-state index in [2.05, 4.69) is 20.8 Å². The van der Waals surface area contributed by atoms with E-state index in [1.165, 1.54) is 6.92 Å². The second-order valence-corrected chi connectivity index (χ2v) is 13.2. The Bertz CT molecular complexity index is 1930. The summed E-state index contributed by atoms with van der Waals surface area (Å²) in [4.78, 5) is 42.7. The number of aromatic nitrogens is 3. The van der Waals surface area contributed by atoms with Crippen molar-refractivity contribution in [2.24, 2.45) is 0 Å². The Balaban J connectivity index is 1.41. The fraction of sp³-hybridized carbons (Fsp3) is 0.417. The summed E-state index contributed by atoms with van der Waals surface area (Å²) in [6.45, 7) is 2.05. The number of methoxy groups -OCH3 is 3. The molecular weight excluding hydrogens is 644 g/mol. The number of likely N-dealkylation sites (tertiary alicyclic amines) is 1. The molecule has 2 amide bonds. The van der Waals surface area contributed by atoms with E-state index in [1.54, 1.807) is 45.2 Å². The average molecular weight is 687 g/mol. The van der Waals surface area contributed by atoms with Crippen LogP contribution >= 0.6 is 11.8 Å². The first-order valence-corrected chi connectivity index (χ1v) is 17.8. The normalized spacial score (nSPS) is 17.4. The van der Waals surface area contributed by atoms with Crippen LogP contribution in [-0.2, 0) is 16.0 Å². The second kappa shape index (κ2) is 14.8. The van der Waals surface area contributed by atoms with Crippen molar-refractivity contribution in [2.75, 3.05) is 45.2 Å². The van der Waals surface area contributed by atoms with Gasteiger partial charge in [0.2, 0.25) is 23.0 Å². The quantitative estimate of drug-likeness (QED) is 0.226. The van der Waals surface area contributed by atoms with Crippen LogP contribution in [0.15, 0.2) is 53.5 Å². The van der Waals surface area contributed by atoms with Gasteiger partial charge in [-0.25, -0.2) is 0 Å². The lowest BCUT2D eigenvalue weighted by Crippen LogP contribution is -2.44. The Hall–Kier alpha value is -4.78. The lowest BCUT2D eigenvalue weighted by molar-refractivity contribution is -0.133.